The number of pyridine rings is 1. The Bertz CT molecular complexity index is 507. The summed E-state index contributed by atoms with van der Waals surface area (Å²) in [5, 5.41) is 4.42. The van der Waals surface area contributed by atoms with Crippen LogP contribution in [0.2, 0.25) is 0 Å². The molecular formula is C12H16N4S. The summed E-state index contributed by atoms with van der Waals surface area (Å²) < 4.78 is 2.03. The number of rotatable bonds is 4. The molecule has 2 heterocycles. The van der Waals surface area contributed by atoms with Gasteiger partial charge in [-0.2, -0.15) is 5.10 Å². The van der Waals surface area contributed by atoms with E-state index in [1.54, 1.807) is 24.2 Å². The molecule has 0 saturated carbocycles. The number of nitrogens with zero attached hydrogens (tertiary/aromatic N) is 3. The Labute approximate surface area is 105 Å². The van der Waals surface area contributed by atoms with Crippen molar-refractivity contribution in [2.45, 2.75) is 31.0 Å². The van der Waals surface area contributed by atoms with Crippen molar-refractivity contribution < 1.29 is 0 Å². The third-order valence-corrected chi connectivity index (χ3v) is 3.59. The Balaban J connectivity index is 2.09. The van der Waals surface area contributed by atoms with Gasteiger partial charge in [-0.3, -0.25) is 9.67 Å². The van der Waals surface area contributed by atoms with Gasteiger partial charge in [-0.25, -0.2) is 0 Å². The fraction of sp³-hybridized carbons (Fsp3) is 0.333. The highest BCUT2D eigenvalue weighted by Crippen LogP contribution is 2.27. The number of aryl methyl sites for hydroxylation is 2. The number of hydrogen-bond donors (Lipinski definition) is 1. The first-order valence-electron chi connectivity index (χ1n) is 5.56. The van der Waals surface area contributed by atoms with Gasteiger partial charge in [0.1, 0.15) is 0 Å². The lowest BCUT2D eigenvalue weighted by Crippen LogP contribution is -2.01. The maximum atomic E-state index is 5.85. The zero-order chi connectivity index (χ0) is 12.3. The molecule has 0 aliphatic rings. The van der Waals surface area contributed by atoms with Crippen LogP contribution in [0.1, 0.15) is 18.3 Å². The minimum atomic E-state index is 0.733. The summed E-state index contributed by atoms with van der Waals surface area (Å²) in [4.78, 5) is 5.05. The van der Waals surface area contributed by atoms with Crippen molar-refractivity contribution >= 4 is 17.4 Å². The van der Waals surface area contributed by atoms with Crippen LogP contribution in [0.3, 0.4) is 0 Å². The van der Waals surface area contributed by atoms with Crippen LogP contribution in [0.4, 0.5) is 5.69 Å². The number of hydrogen-bond acceptors (Lipinski definition) is 4. The standard InChI is InChI=1S/C12H16N4S/c1-3-16-10(6-9(2)15-16)8-17-12-4-5-14-7-11(12)13/h4-7H,3,8,13H2,1-2H3. The molecule has 0 aromatic carbocycles. The van der Waals surface area contributed by atoms with E-state index in [4.69, 9.17) is 5.73 Å². The predicted molar refractivity (Wildman–Crippen MR) is 70.8 cm³/mol. The van der Waals surface area contributed by atoms with Gasteiger partial charge in [0.05, 0.1) is 17.6 Å². The van der Waals surface area contributed by atoms with Crippen LogP contribution < -0.4 is 5.73 Å². The third kappa shape index (κ3) is 2.79. The van der Waals surface area contributed by atoms with Crippen molar-refractivity contribution in [1.82, 2.24) is 14.8 Å². The first kappa shape index (κ1) is 12.0. The topological polar surface area (TPSA) is 56.7 Å². The second-order valence-corrected chi connectivity index (χ2v) is 4.81. The number of anilines is 1. The fourth-order valence-corrected chi connectivity index (χ4v) is 2.58. The normalized spacial score (nSPS) is 10.7. The first-order chi connectivity index (χ1) is 8.20. The Hall–Kier alpha value is -1.49. The number of nitrogen functional groups attached to an aromatic ring is 1. The van der Waals surface area contributed by atoms with Gasteiger partial charge >= 0.3 is 0 Å². The zero-order valence-corrected chi connectivity index (χ0v) is 10.9. The van der Waals surface area contributed by atoms with E-state index >= 15 is 0 Å². The molecule has 5 heteroatoms. The molecule has 0 spiro atoms. The maximum Gasteiger partial charge on any atom is 0.0638 e. The highest BCUT2D eigenvalue weighted by molar-refractivity contribution is 7.98. The number of thioether (sulfide) groups is 1. The van der Waals surface area contributed by atoms with E-state index in [0.717, 1.165) is 28.6 Å². The second-order valence-electron chi connectivity index (χ2n) is 3.79. The van der Waals surface area contributed by atoms with Crippen molar-refractivity contribution in [2.75, 3.05) is 5.73 Å². The lowest BCUT2D eigenvalue weighted by molar-refractivity contribution is 0.632. The molecule has 17 heavy (non-hydrogen) atoms. The van der Waals surface area contributed by atoms with Gasteiger partial charge in [0.25, 0.3) is 0 Å². The van der Waals surface area contributed by atoms with E-state index in [-0.39, 0.29) is 0 Å². The van der Waals surface area contributed by atoms with Gasteiger partial charge in [0, 0.05) is 29.1 Å². The molecule has 2 aromatic rings. The van der Waals surface area contributed by atoms with Gasteiger partial charge in [0.2, 0.25) is 0 Å². The number of nitrogens with two attached hydrogens (primary N) is 1. The Morgan fingerprint density at radius 3 is 3.00 bits per heavy atom. The zero-order valence-electron chi connectivity index (χ0n) is 10.1. The fourth-order valence-electron chi connectivity index (χ4n) is 1.67. The SMILES string of the molecule is CCn1nc(C)cc1CSc1ccncc1N. The van der Waals surface area contributed by atoms with Crippen molar-refractivity contribution in [2.24, 2.45) is 0 Å². The van der Waals surface area contributed by atoms with Gasteiger partial charge < -0.3 is 5.73 Å². The highest BCUT2D eigenvalue weighted by atomic mass is 32.2. The predicted octanol–water partition coefficient (Wildman–Crippen LogP) is 2.48. The Morgan fingerprint density at radius 1 is 1.47 bits per heavy atom. The highest BCUT2D eigenvalue weighted by Gasteiger charge is 2.06. The van der Waals surface area contributed by atoms with E-state index < -0.39 is 0 Å². The van der Waals surface area contributed by atoms with E-state index in [0.29, 0.717) is 0 Å². The summed E-state index contributed by atoms with van der Waals surface area (Å²) in [6, 6.07) is 4.06. The molecule has 2 N–H and O–H groups in total. The first-order valence-corrected chi connectivity index (χ1v) is 6.55. The smallest absolute Gasteiger partial charge is 0.0638 e. The average molecular weight is 248 g/mol. The van der Waals surface area contributed by atoms with E-state index in [1.165, 1.54) is 5.69 Å². The molecule has 2 aromatic heterocycles. The molecule has 2 rings (SSSR count). The summed E-state index contributed by atoms with van der Waals surface area (Å²) in [6.45, 7) is 5.01. The summed E-state index contributed by atoms with van der Waals surface area (Å²) in [7, 11) is 0. The van der Waals surface area contributed by atoms with Crippen LogP contribution in [-0.4, -0.2) is 14.8 Å². The summed E-state index contributed by atoms with van der Waals surface area (Å²) in [6.07, 6.45) is 3.45. The van der Waals surface area contributed by atoms with Crippen LogP contribution in [0, 0.1) is 6.92 Å². The van der Waals surface area contributed by atoms with Crippen molar-refractivity contribution in [3.05, 3.63) is 35.9 Å². The van der Waals surface area contributed by atoms with E-state index in [2.05, 4.69) is 23.1 Å². The molecule has 0 bridgehead atoms. The van der Waals surface area contributed by atoms with Crippen LogP contribution in [0.25, 0.3) is 0 Å². The lowest BCUT2D eigenvalue weighted by atomic mass is 10.4. The second kappa shape index (κ2) is 5.23. The summed E-state index contributed by atoms with van der Waals surface area (Å²) in [5.74, 6) is 0.878. The minimum Gasteiger partial charge on any atom is -0.397 e. The molecule has 0 atom stereocenters. The molecule has 0 unspecified atom stereocenters. The Kier molecular flexibility index (Phi) is 3.68. The molecule has 0 fully saturated rings. The molecule has 4 nitrogen and oxygen atoms in total. The average Bonchev–Trinajstić information content (AvgIpc) is 2.69. The van der Waals surface area contributed by atoms with Gasteiger partial charge in [-0.1, -0.05) is 0 Å². The largest absolute Gasteiger partial charge is 0.397 e. The molecule has 0 aliphatic carbocycles. The third-order valence-electron chi connectivity index (χ3n) is 2.47. The lowest BCUT2D eigenvalue weighted by Gasteiger charge is -2.06. The molecule has 0 saturated heterocycles. The van der Waals surface area contributed by atoms with Crippen LogP contribution in [0.15, 0.2) is 29.4 Å². The molecule has 0 radical (unpaired) electrons. The summed E-state index contributed by atoms with van der Waals surface area (Å²) >= 11 is 1.72. The number of aromatic nitrogens is 3. The van der Waals surface area contributed by atoms with Gasteiger partial charge in [-0.05, 0) is 26.0 Å². The van der Waals surface area contributed by atoms with Crippen molar-refractivity contribution in [3.63, 3.8) is 0 Å². The minimum absolute atomic E-state index is 0.733. The van der Waals surface area contributed by atoms with Crippen molar-refractivity contribution in [1.29, 1.82) is 0 Å². The quantitative estimate of drug-likeness (QED) is 0.845. The van der Waals surface area contributed by atoms with Gasteiger partial charge in [0.15, 0.2) is 0 Å². The Morgan fingerprint density at radius 2 is 2.29 bits per heavy atom. The molecule has 0 aliphatic heterocycles. The van der Waals surface area contributed by atoms with Crippen LogP contribution in [0.5, 0.6) is 0 Å². The van der Waals surface area contributed by atoms with Crippen molar-refractivity contribution in [3.8, 4) is 0 Å². The van der Waals surface area contributed by atoms with E-state index in [9.17, 15) is 0 Å². The molecule has 0 amide bonds. The maximum absolute atomic E-state index is 5.85. The van der Waals surface area contributed by atoms with Gasteiger partial charge in [-0.15, -0.1) is 11.8 Å². The summed E-state index contributed by atoms with van der Waals surface area (Å²) in [5.41, 5.74) is 8.88. The monoisotopic (exact) mass is 248 g/mol. The molecule has 90 valence electrons. The molecular weight excluding hydrogens is 232 g/mol. The van der Waals surface area contributed by atoms with Crippen LogP contribution >= 0.6 is 11.8 Å². The van der Waals surface area contributed by atoms with Crippen LogP contribution in [-0.2, 0) is 12.3 Å². The van der Waals surface area contributed by atoms with E-state index in [1.807, 2.05) is 17.7 Å².